The molecule has 0 amide bonds. The van der Waals surface area contributed by atoms with Crippen LogP contribution < -0.4 is 16.6 Å². The van der Waals surface area contributed by atoms with Crippen LogP contribution in [0.3, 0.4) is 0 Å². The Morgan fingerprint density at radius 1 is 1.41 bits per heavy atom. The molecule has 0 fully saturated rings. The maximum absolute atomic E-state index is 11.8. The van der Waals surface area contributed by atoms with Crippen molar-refractivity contribution in [3.8, 4) is 0 Å². The van der Waals surface area contributed by atoms with E-state index in [1.54, 1.807) is 11.8 Å². The normalized spacial score (nSPS) is 12.5. The largest absolute Gasteiger partial charge is 0.360 e. The van der Waals surface area contributed by atoms with E-state index in [0.717, 1.165) is 21.4 Å². The van der Waals surface area contributed by atoms with Gasteiger partial charge in [0, 0.05) is 25.9 Å². The van der Waals surface area contributed by atoms with Crippen molar-refractivity contribution in [2.75, 3.05) is 17.3 Å². The third-order valence-corrected chi connectivity index (χ3v) is 3.26. The summed E-state index contributed by atoms with van der Waals surface area (Å²) >= 11 is 1.70. The van der Waals surface area contributed by atoms with E-state index in [4.69, 9.17) is 0 Å². The number of thioether (sulfide) groups is 1. The van der Waals surface area contributed by atoms with E-state index in [0.29, 0.717) is 0 Å². The Morgan fingerprint density at radius 2 is 2.06 bits per heavy atom. The molecule has 1 atom stereocenters. The van der Waals surface area contributed by atoms with Crippen molar-refractivity contribution < 1.29 is 0 Å². The number of hydrogen-bond donors (Lipinski definition) is 1. The van der Waals surface area contributed by atoms with Gasteiger partial charge in [-0.1, -0.05) is 6.92 Å². The number of aromatic nitrogens is 3. The predicted octanol–water partition coefficient (Wildman–Crippen LogP) is 0.0325. The van der Waals surface area contributed by atoms with Gasteiger partial charge >= 0.3 is 5.69 Å². The minimum absolute atomic E-state index is 0.183. The van der Waals surface area contributed by atoms with Crippen LogP contribution in [-0.4, -0.2) is 32.4 Å². The molecule has 1 rings (SSSR count). The number of hydrogen-bond acceptors (Lipinski definition) is 5. The highest BCUT2D eigenvalue weighted by molar-refractivity contribution is 7.98. The van der Waals surface area contributed by atoms with E-state index in [1.165, 1.54) is 14.1 Å². The summed E-state index contributed by atoms with van der Waals surface area (Å²) in [6, 6.07) is 0.183. The molecule has 1 N–H and O–H groups in total. The zero-order valence-electron chi connectivity index (χ0n) is 10.6. The Hall–Kier alpha value is -1.24. The first kappa shape index (κ1) is 13.8. The monoisotopic (exact) mass is 258 g/mol. The van der Waals surface area contributed by atoms with Crippen molar-refractivity contribution in [2.45, 2.75) is 19.4 Å². The van der Waals surface area contributed by atoms with Crippen LogP contribution in [-0.2, 0) is 14.1 Å². The second kappa shape index (κ2) is 5.90. The van der Waals surface area contributed by atoms with Gasteiger partial charge in [-0.25, -0.2) is 9.48 Å². The first-order chi connectivity index (χ1) is 8.01. The van der Waals surface area contributed by atoms with Gasteiger partial charge in [-0.05, 0) is 12.7 Å². The quantitative estimate of drug-likeness (QED) is 0.807. The maximum Gasteiger partial charge on any atom is 0.346 e. The van der Waals surface area contributed by atoms with E-state index >= 15 is 0 Å². The zero-order valence-corrected chi connectivity index (χ0v) is 11.4. The van der Waals surface area contributed by atoms with E-state index in [2.05, 4.69) is 10.4 Å². The summed E-state index contributed by atoms with van der Waals surface area (Å²) in [5.41, 5.74) is -0.800. The van der Waals surface area contributed by atoms with Crippen LogP contribution in [0.4, 0.5) is 5.82 Å². The third-order valence-electron chi connectivity index (χ3n) is 2.52. The van der Waals surface area contributed by atoms with Crippen molar-refractivity contribution in [3.05, 3.63) is 20.8 Å². The van der Waals surface area contributed by atoms with Gasteiger partial charge in [-0.15, -0.1) is 5.10 Å². The molecule has 1 unspecified atom stereocenters. The van der Waals surface area contributed by atoms with Gasteiger partial charge in [-0.3, -0.25) is 9.36 Å². The highest BCUT2D eigenvalue weighted by Crippen LogP contribution is 2.05. The average molecular weight is 258 g/mol. The molecule has 0 aliphatic rings. The minimum Gasteiger partial charge on any atom is -0.360 e. The molecule has 0 bridgehead atoms. The zero-order chi connectivity index (χ0) is 13.0. The van der Waals surface area contributed by atoms with E-state index in [-0.39, 0.29) is 17.4 Å². The lowest BCUT2D eigenvalue weighted by atomic mass is 10.2. The topological polar surface area (TPSA) is 68.9 Å². The molecule has 1 aromatic heterocycles. The van der Waals surface area contributed by atoms with Gasteiger partial charge in [-0.2, -0.15) is 11.8 Å². The molecule has 6 nitrogen and oxygen atoms in total. The molecule has 0 aliphatic carbocycles. The van der Waals surface area contributed by atoms with Crippen molar-refractivity contribution >= 4 is 17.6 Å². The minimum atomic E-state index is -0.418. The lowest BCUT2D eigenvalue weighted by molar-refractivity contribution is 0.599. The standard InChI is InChI=1S/C10H18N4O2S/c1-5-7(6-17-4)11-8-9(15)13(2)10(16)14(3)12-8/h7H,5-6H2,1-4H3,(H,11,12). The molecule has 0 aromatic carbocycles. The SMILES string of the molecule is CCC(CSC)Nc1nn(C)c(=O)n(C)c1=O. The molecule has 0 saturated carbocycles. The molecule has 1 aromatic rings. The fraction of sp³-hybridized carbons (Fsp3) is 0.700. The van der Waals surface area contributed by atoms with E-state index in [9.17, 15) is 9.59 Å². The Labute approximate surface area is 104 Å². The van der Waals surface area contributed by atoms with Crippen LogP contribution >= 0.6 is 11.8 Å². The van der Waals surface area contributed by atoms with Crippen LogP contribution in [0.15, 0.2) is 9.59 Å². The molecule has 0 spiro atoms. The van der Waals surface area contributed by atoms with E-state index < -0.39 is 5.69 Å². The molecule has 17 heavy (non-hydrogen) atoms. The second-order valence-electron chi connectivity index (χ2n) is 3.82. The lowest BCUT2D eigenvalue weighted by Gasteiger charge is -2.16. The van der Waals surface area contributed by atoms with Gasteiger partial charge in [0.2, 0.25) is 5.82 Å². The fourth-order valence-corrected chi connectivity index (χ4v) is 2.17. The second-order valence-corrected chi connectivity index (χ2v) is 4.73. The highest BCUT2D eigenvalue weighted by atomic mass is 32.2. The van der Waals surface area contributed by atoms with Crippen molar-refractivity contribution in [3.63, 3.8) is 0 Å². The Morgan fingerprint density at radius 3 is 2.59 bits per heavy atom. The summed E-state index contributed by atoms with van der Waals surface area (Å²) in [4.78, 5) is 23.3. The van der Waals surface area contributed by atoms with Crippen LogP contribution in [0.5, 0.6) is 0 Å². The predicted molar refractivity (Wildman–Crippen MR) is 70.8 cm³/mol. The summed E-state index contributed by atoms with van der Waals surface area (Å²) in [6.07, 6.45) is 2.91. The number of rotatable bonds is 5. The summed E-state index contributed by atoms with van der Waals surface area (Å²) in [5, 5.41) is 7.04. The number of nitrogens with one attached hydrogen (secondary N) is 1. The van der Waals surface area contributed by atoms with Gasteiger partial charge < -0.3 is 5.32 Å². The summed E-state index contributed by atoms with van der Waals surface area (Å²) in [6.45, 7) is 2.04. The highest BCUT2D eigenvalue weighted by Gasteiger charge is 2.12. The Kier molecular flexibility index (Phi) is 4.80. The third kappa shape index (κ3) is 3.12. The van der Waals surface area contributed by atoms with Crippen molar-refractivity contribution in [1.29, 1.82) is 0 Å². The fourth-order valence-electron chi connectivity index (χ4n) is 1.45. The average Bonchev–Trinajstić information content (AvgIpc) is 2.32. The molecule has 0 saturated heterocycles. The van der Waals surface area contributed by atoms with Gasteiger partial charge in [0.15, 0.2) is 0 Å². The van der Waals surface area contributed by atoms with Gasteiger partial charge in [0.05, 0.1) is 0 Å². The van der Waals surface area contributed by atoms with Crippen molar-refractivity contribution in [1.82, 2.24) is 14.3 Å². The summed E-state index contributed by atoms with van der Waals surface area (Å²) in [5.74, 6) is 1.12. The molecule has 1 heterocycles. The molecule has 0 radical (unpaired) electrons. The molecule has 7 heteroatoms. The summed E-state index contributed by atoms with van der Waals surface area (Å²) < 4.78 is 2.22. The van der Waals surface area contributed by atoms with E-state index in [1.807, 2.05) is 13.2 Å². The smallest absolute Gasteiger partial charge is 0.346 e. The van der Waals surface area contributed by atoms with Crippen LogP contribution in [0, 0.1) is 0 Å². The van der Waals surface area contributed by atoms with Crippen LogP contribution in [0.25, 0.3) is 0 Å². The Balaban J connectivity index is 3.07. The molecule has 0 aliphatic heterocycles. The Bertz CT molecular complexity index is 494. The molecular formula is C10H18N4O2S. The number of nitrogens with zero attached hydrogens (tertiary/aromatic N) is 3. The lowest BCUT2D eigenvalue weighted by Crippen LogP contribution is -2.41. The maximum atomic E-state index is 11.8. The van der Waals surface area contributed by atoms with Gasteiger partial charge in [0.1, 0.15) is 0 Å². The van der Waals surface area contributed by atoms with Crippen LogP contribution in [0.1, 0.15) is 13.3 Å². The first-order valence-electron chi connectivity index (χ1n) is 5.41. The summed E-state index contributed by atoms with van der Waals surface area (Å²) in [7, 11) is 2.98. The van der Waals surface area contributed by atoms with Crippen molar-refractivity contribution in [2.24, 2.45) is 14.1 Å². The first-order valence-corrected chi connectivity index (χ1v) is 6.80. The molecule has 96 valence electrons. The number of aryl methyl sites for hydroxylation is 1. The van der Waals surface area contributed by atoms with Gasteiger partial charge in [0.25, 0.3) is 5.56 Å². The molecular weight excluding hydrogens is 240 g/mol. The van der Waals surface area contributed by atoms with Crippen LogP contribution in [0.2, 0.25) is 0 Å². The number of anilines is 1.